The SMILES string of the molecule is NC(=O)C(O)(c1ccccc1)c1ccc(Cl)cc1CO. The van der Waals surface area contributed by atoms with Crippen molar-refractivity contribution in [2.75, 3.05) is 0 Å². The maximum Gasteiger partial charge on any atom is 0.258 e. The number of rotatable bonds is 4. The Hall–Kier alpha value is -1.88. The Kier molecular flexibility index (Phi) is 4.09. The fraction of sp³-hybridized carbons (Fsp3) is 0.133. The second-order valence-electron chi connectivity index (χ2n) is 4.40. The number of hydrogen-bond acceptors (Lipinski definition) is 3. The highest BCUT2D eigenvalue weighted by atomic mass is 35.5. The largest absolute Gasteiger partial charge is 0.392 e. The Labute approximate surface area is 121 Å². The van der Waals surface area contributed by atoms with Crippen molar-refractivity contribution in [3.8, 4) is 0 Å². The van der Waals surface area contributed by atoms with Crippen LogP contribution in [0.5, 0.6) is 0 Å². The number of amides is 1. The van der Waals surface area contributed by atoms with E-state index in [-0.39, 0.29) is 12.2 Å². The van der Waals surface area contributed by atoms with E-state index < -0.39 is 11.5 Å². The zero-order valence-corrected chi connectivity index (χ0v) is 11.3. The highest BCUT2D eigenvalue weighted by molar-refractivity contribution is 6.30. The van der Waals surface area contributed by atoms with Crippen molar-refractivity contribution in [3.63, 3.8) is 0 Å². The first-order valence-corrected chi connectivity index (χ1v) is 6.35. The van der Waals surface area contributed by atoms with Crippen LogP contribution in [0.1, 0.15) is 16.7 Å². The van der Waals surface area contributed by atoms with Crippen molar-refractivity contribution >= 4 is 17.5 Å². The monoisotopic (exact) mass is 291 g/mol. The lowest BCUT2D eigenvalue weighted by atomic mass is 9.83. The highest BCUT2D eigenvalue weighted by Crippen LogP contribution is 2.33. The Bertz CT molecular complexity index is 630. The molecule has 104 valence electrons. The maximum absolute atomic E-state index is 11.8. The number of carbonyl (C=O) groups excluding carboxylic acids is 1. The summed E-state index contributed by atoms with van der Waals surface area (Å²) >= 11 is 5.86. The molecule has 20 heavy (non-hydrogen) atoms. The van der Waals surface area contributed by atoms with Crippen molar-refractivity contribution in [1.29, 1.82) is 0 Å². The predicted molar refractivity (Wildman–Crippen MR) is 76.0 cm³/mol. The van der Waals surface area contributed by atoms with Crippen molar-refractivity contribution in [2.24, 2.45) is 5.73 Å². The standard InChI is InChI=1S/C15H14ClNO3/c16-12-6-7-13(10(8-12)9-18)15(20,14(17)19)11-4-2-1-3-5-11/h1-8,18,20H,9H2,(H2,17,19). The summed E-state index contributed by atoms with van der Waals surface area (Å²) < 4.78 is 0. The minimum Gasteiger partial charge on any atom is -0.392 e. The minimum atomic E-state index is -2.01. The van der Waals surface area contributed by atoms with Gasteiger partial charge in [0.2, 0.25) is 0 Å². The van der Waals surface area contributed by atoms with Crippen LogP contribution in [0.15, 0.2) is 48.5 Å². The van der Waals surface area contributed by atoms with Gasteiger partial charge in [0.25, 0.3) is 5.91 Å². The highest BCUT2D eigenvalue weighted by Gasteiger charge is 2.39. The van der Waals surface area contributed by atoms with Crippen molar-refractivity contribution < 1.29 is 15.0 Å². The van der Waals surface area contributed by atoms with Gasteiger partial charge in [-0.3, -0.25) is 4.79 Å². The van der Waals surface area contributed by atoms with Gasteiger partial charge in [-0.25, -0.2) is 0 Å². The van der Waals surface area contributed by atoms with Gasteiger partial charge in [-0.15, -0.1) is 0 Å². The van der Waals surface area contributed by atoms with Crippen LogP contribution < -0.4 is 5.73 Å². The number of aliphatic hydroxyl groups is 2. The summed E-state index contributed by atoms with van der Waals surface area (Å²) in [6.07, 6.45) is 0. The smallest absolute Gasteiger partial charge is 0.258 e. The van der Waals surface area contributed by atoms with E-state index in [9.17, 15) is 15.0 Å². The molecule has 0 bridgehead atoms. The molecule has 1 unspecified atom stereocenters. The molecule has 4 nitrogen and oxygen atoms in total. The lowest BCUT2D eigenvalue weighted by Gasteiger charge is -2.27. The first kappa shape index (κ1) is 14.5. The molecule has 0 radical (unpaired) electrons. The third kappa shape index (κ3) is 2.41. The third-order valence-corrected chi connectivity index (χ3v) is 3.41. The molecular formula is C15H14ClNO3. The number of benzene rings is 2. The molecule has 0 saturated heterocycles. The van der Waals surface area contributed by atoms with E-state index in [1.165, 1.54) is 18.2 Å². The summed E-state index contributed by atoms with van der Waals surface area (Å²) in [6, 6.07) is 12.9. The molecule has 5 heteroatoms. The van der Waals surface area contributed by atoms with Crippen LogP contribution in [0.3, 0.4) is 0 Å². The van der Waals surface area contributed by atoms with E-state index in [2.05, 4.69) is 0 Å². The van der Waals surface area contributed by atoms with Gasteiger partial charge in [-0.2, -0.15) is 0 Å². The molecule has 1 atom stereocenters. The summed E-state index contributed by atoms with van der Waals surface area (Å²) in [4.78, 5) is 11.8. The average Bonchev–Trinajstić information content (AvgIpc) is 2.47. The van der Waals surface area contributed by atoms with Crippen molar-refractivity contribution in [1.82, 2.24) is 0 Å². The summed E-state index contributed by atoms with van der Waals surface area (Å²) in [7, 11) is 0. The first-order valence-electron chi connectivity index (χ1n) is 5.97. The van der Waals surface area contributed by atoms with Crippen LogP contribution in [0.4, 0.5) is 0 Å². The molecule has 0 aliphatic rings. The fourth-order valence-electron chi connectivity index (χ4n) is 2.16. The van der Waals surface area contributed by atoms with E-state index >= 15 is 0 Å². The summed E-state index contributed by atoms with van der Waals surface area (Å²) in [5.74, 6) is -0.916. The number of aliphatic hydroxyl groups excluding tert-OH is 1. The Balaban J connectivity index is 2.69. The number of hydrogen-bond donors (Lipinski definition) is 3. The van der Waals surface area contributed by atoms with E-state index in [0.29, 0.717) is 16.1 Å². The zero-order chi connectivity index (χ0) is 14.8. The molecule has 0 heterocycles. The molecule has 0 saturated carbocycles. The Morgan fingerprint density at radius 1 is 1.20 bits per heavy atom. The molecule has 0 fully saturated rings. The molecule has 0 aromatic heterocycles. The maximum atomic E-state index is 11.8. The normalized spacial score (nSPS) is 13.8. The Morgan fingerprint density at radius 2 is 1.85 bits per heavy atom. The molecular weight excluding hydrogens is 278 g/mol. The van der Waals surface area contributed by atoms with Gasteiger partial charge in [0, 0.05) is 10.6 Å². The first-order chi connectivity index (χ1) is 9.50. The topological polar surface area (TPSA) is 83.6 Å². The average molecular weight is 292 g/mol. The number of primary amides is 1. The lowest BCUT2D eigenvalue weighted by Crippen LogP contribution is -2.42. The Morgan fingerprint density at radius 3 is 2.40 bits per heavy atom. The summed E-state index contributed by atoms with van der Waals surface area (Å²) in [6.45, 7) is -0.363. The van der Waals surface area contributed by atoms with Crippen LogP contribution in [0, 0.1) is 0 Å². The van der Waals surface area contributed by atoms with Gasteiger partial charge >= 0.3 is 0 Å². The summed E-state index contributed by atoms with van der Waals surface area (Å²) in [5.41, 5.74) is 4.30. The number of halogens is 1. The molecule has 2 rings (SSSR count). The van der Waals surface area contributed by atoms with Crippen LogP contribution >= 0.6 is 11.6 Å². The number of carbonyl (C=O) groups is 1. The van der Waals surface area contributed by atoms with E-state index in [1.807, 2.05) is 0 Å². The predicted octanol–water partition coefficient (Wildman–Crippen LogP) is 1.55. The molecule has 0 aliphatic carbocycles. The second-order valence-corrected chi connectivity index (χ2v) is 4.84. The molecule has 4 N–H and O–H groups in total. The summed E-state index contributed by atoms with van der Waals surface area (Å²) in [5, 5.41) is 20.6. The molecule has 0 aliphatic heterocycles. The van der Waals surface area contributed by atoms with E-state index in [1.54, 1.807) is 30.3 Å². The molecule has 2 aromatic rings. The van der Waals surface area contributed by atoms with Gasteiger partial charge in [-0.1, -0.05) is 48.0 Å². The van der Waals surface area contributed by atoms with Crippen LogP contribution in [-0.4, -0.2) is 16.1 Å². The molecule has 0 spiro atoms. The number of nitrogens with two attached hydrogens (primary N) is 1. The molecule has 1 amide bonds. The van der Waals surface area contributed by atoms with Gasteiger partial charge in [-0.05, 0) is 23.3 Å². The fourth-order valence-corrected chi connectivity index (χ4v) is 2.35. The van der Waals surface area contributed by atoms with Crippen molar-refractivity contribution in [3.05, 3.63) is 70.2 Å². The van der Waals surface area contributed by atoms with Gasteiger partial charge in [0.1, 0.15) is 0 Å². The van der Waals surface area contributed by atoms with E-state index in [0.717, 1.165) is 0 Å². The quantitative estimate of drug-likeness (QED) is 0.799. The van der Waals surface area contributed by atoms with Crippen molar-refractivity contribution in [2.45, 2.75) is 12.2 Å². The minimum absolute atomic E-state index is 0.225. The van der Waals surface area contributed by atoms with Crippen LogP contribution in [-0.2, 0) is 17.0 Å². The van der Waals surface area contributed by atoms with Crippen LogP contribution in [0.2, 0.25) is 5.02 Å². The zero-order valence-electron chi connectivity index (χ0n) is 10.6. The van der Waals surface area contributed by atoms with E-state index in [4.69, 9.17) is 17.3 Å². The molecule has 2 aromatic carbocycles. The van der Waals surface area contributed by atoms with Gasteiger partial charge in [0.15, 0.2) is 5.60 Å². The third-order valence-electron chi connectivity index (χ3n) is 3.18. The van der Waals surface area contributed by atoms with Gasteiger partial charge in [0.05, 0.1) is 6.61 Å². The van der Waals surface area contributed by atoms with Gasteiger partial charge < -0.3 is 15.9 Å². The van der Waals surface area contributed by atoms with Crippen LogP contribution in [0.25, 0.3) is 0 Å². The lowest BCUT2D eigenvalue weighted by molar-refractivity contribution is -0.133. The second kappa shape index (κ2) is 5.63.